The summed E-state index contributed by atoms with van der Waals surface area (Å²) in [5, 5.41) is 10.6. The zero-order valence-electron chi connectivity index (χ0n) is 13.1. The first-order valence-corrected chi connectivity index (χ1v) is 8.61. The maximum Gasteiger partial charge on any atom is 0.323 e. The SMILES string of the molecule is O=C(CN1CCC[C@@H]1C(=O)OCc1ccccc1)Nc1nncs1. The van der Waals surface area contributed by atoms with Gasteiger partial charge in [-0.05, 0) is 24.9 Å². The number of esters is 1. The van der Waals surface area contributed by atoms with Crippen LogP contribution in [0, 0.1) is 0 Å². The van der Waals surface area contributed by atoms with E-state index < -0.39 is 0 Å². The second kappa shape index (κ2) is 7.98. The third-order valence-corrected chi connectivity index (χ3v) is 4.42. The molecule has 0 radical (unpaired) electrons. The van der Waals surface area contributed by atoms with Gasteiger partial charge in [0.1, 0.15) is 18.2 Å². The Morgan fingerprint density at radius 1 is 1.33 bits per heavy atom. The standard InChI is InChI=1S/C16H18N4O3S/c21-14(18-16-19-17-11-24-16)9-20-8-4-7-13(20)15(22)23-10-12-5-2-1-3-6-12/h1-3,5-6,11,13H,4,7-10H2,(H,18,19,21)/t13-/m1/s1. The summed E-state index contributed by atoms with van der Waals surface area (Å²) < 4.78 is 5.40. The van der Waals surface area contributed by atoms with E-state index in [1.54, 1.807) is 5.51 Å². The number of aromatic nitrogens is 2. The van der Waals surface area contributed by atoms with Crippen molar-refractivity contribution >= 4 is 28.3 Å². The van der Waals surface area contributed by atoms with Crippen LogP contribution in [-0.2, 0) is 20.9 Å². The highest BCUT2D eigenvalue weighted by Gasteiger charge is 2.33. The number of nitrogens with zero attached hydrogens (tertiary/aromatic N) is 3. The van der Waals surface area contributed by atoms with Gasteiger partial charge in [-0.15, -0.1) is 10.2 Å². The van der Waals surface area contributed by atoms with Crippen molar-refractivity contribution in [1.82, 2.24) is 15.1 Å². The monoisotopic (exact) mass is 346 g/mol. The van der Waals surface area contributed by atoms with Gasteiger partial charge in [-0.2, -0.15) is 0 Å². The minimum absolute atomic E-state index is 0.144. The van der Waals surface area contributed by atoms with E-state index in [0.29, 0.717) is 18.1 Å². The lowest BCUT2D eigenvalue weighted by Gasteiger charge is -2.22. The summed E-state index contributed by atoms with van der Waals surface area (Å²) in [6.45, 7) is 1.10. The van der Waals surface area contributed by atoms with Gasteiger partial charge in [-0.25, -0.2) is 0 Å². The zero-order valence-corrected chi connectivity index (χ0v) is 13.9. The van der Waals surface area contributed by atoms with Gasteiger partial charge in [0.2, 0.25) is 11.0 Å². The Hall–Kier alpha value is -2.32. The molecule has 0 unspecified atom stereocenters. The van der Waals surface area contributed by atoms with Crippen molar-refractivity contribution in [3.63, 3.8) is 0 Å². The molecule has 1 aromatic carbocycles. The van der Waals surface area contributed by atoms with E-state index in [2.05, 4.69) is 15.5 Å². The average molecular weight is 346 g/mol. The molecule has 1 aromatic heterocycles. The van der Waals surface area contributed by atoms with Crippen LogP contribution in [-0.4, -0.2) is 46.1 Å². The van der Waals surface area contributed by atoms with Crippen LogP contribution in [0.1, 0.15) is 18.4 Å². The Morgan fingerprint density at radius 3 is 2.92 bits per heavy atom. The molecule has 1 aliphatic heterocycles. The smallest absolute Gasteiger partial charge is 0.323 e. The molecule has 0 aliphatic carbocycles. The number of benzene rings is 1. The highest BCUT2D eigenvalue weighted by Crippen LogP contribution is 2.19. The first-order valence-electron chi connectivity index (χ1n) is 7.73. The normalized spacial score (nSPS) is 17.6. The first kappa shape index (κ1) is 16.5. The number of nitrogens with one attached hydrogen (secondary N) is 1. The van der Waals surface area contributed by atoms with E-state index in [4.69, 9.17) is 4.74 Å². The number of hydrogen-bond donors (Lipinski definition) is 1. The van der Waals surface area contributed by atoms with Gasteiger partial charge in [-0.3, -0.25) is 19.8 Å². The van der Waals surface area contributed by atoms with Gasteiger partial charge in [0.15, 0.2) is 0 Å². The molecule has 7 nitrogen and oxygen atoms in total. The summed E-state index contributed by atoms with van der Waals surface area (Å²) in [4.78, 5) is 26.2. The molecule has 0 spiro atoms. The van der Waals surface area contributed by atoms with Crippen molar-refractivity contribution in [1.29, 1.82) is 0 Å². The van der Waals surface area contributed by atoms with Crippen molar-refractivity contribution in [3.8, 4) is 0 Å². The molecule has 8 heteroatoms. The first-order chi connectivity index (χ1) is 11.7. The number of carbonyl (C=O) groups excluding carboxylic acids is 2. The average Bonchev–Trinajstić information content (AvgIpc) is 3.25. The van der Waals surface area contributed by atoms with E-state index >= 15 is 0 Å². The van der Waals surface area contributed by atoms with Gasteiger partial charge in [0.25, 0.3) is 0 Å². The van der Waals surface area contributed by atoms with Gasteiger partial charge in [0.05, 0.1) is 6.54 Å². The second-order valence-electron chi connectivity index (χ2n) is 5.51. The fraction of sp³-hybridized carbons (Fsp3) is 0.375. The Bertz CT molecular complexity index is 678. The lowest BCUT2D eigenvalue weighted by molar-refractivity contribution is -0.150. The number of rotatable bonds is 6. The summed E-state index contributed by atoms with van der Waals surface area (Å²) in [6.07, 6.45) is 1.58. The maximum absolute atomic E-state index is 12.3. The van der Waals surface area contributed by atoms with Crippen molar-refractivity contribution in [2.45, 2.75) is 25.5 Å². The fourth-order valence-corrected chi connectivity index (χ4v) is 3.14. The number of carbonyl (C=O) groups is 2. The molecule has 1 saturated heterocycles. The van der Waals surface area contributed by atoms with Crippen molar-refractivity contribution in [2.24, 2.45) is 0 Å². The Morgan fingerprint density at radius 2 is 2.17 bits per heavy atom. The second-order valence-corrected chi connectivity index (χ2v) is 6.35. The van der Waals surface area contributed by atoms with Gasteiger partial charge >= 0.3 is 5.97 Å². The van der Waals surface area contributed by atoms with E-state index in [0.717, 1.165) is 12.0 Å². The van der Waals surface area contributed by atoms with Crippen LogP contribution in [0.15, 0.2) is 35.8 Å². The van der Waals surface area contributed by atoms with E-state index in [-0.39, 0.29) is 31.1 Å². The summed E-state index contributed by atoms with van der Waals surface area (Å²) in [5.41, 5.74) is 2.50. The lowest BCUT2D eigenvalue weighted by atomic mass is 10.2. The molecule has 0 saturated carbocycles. The van der Waals surface area contributed by atoms with Gasteiger partial charge in [-0.1, -0.05) is 41.7 Å². The van der Waals surface area contributed by atoms with Gasteiger partial charge in [0, 0.05) is 0 Å². The molecule has 3 rings (SSSR count). The van der Waals surface area contributed by atoms with Crippen molar-refractivity contribution < 1.29 is 14.3 Å². The van der Waals surface area contributed by atoms with Crippen LogP contribution in [0.2, 0.25) is 0 Å². The molecule has 126 valence electrons. The van der Waals surface area contributed by atoms with Crippen LogP contribution >= 0.6 is 11.3 Å². The number of ether oxygens (including phenoxy) is 1. The molecule has 24 heavy (non-hydrogen) atoms. The Kier molecular flexibility index (Phi) is 5.50. The van der Waals surface area contributed by atoms with Crippen LogP contribution < -0.4 is 5.32 Å². The molecule has 1 fully saturated rings. The maximum atomic E-state index is 12.3. The third-order valence-electron chi connectivity index (χ3n) is 3.81. The van der Waals surface area contributed by atoms with E-state index in [9.17, 15) is 9.59 Å². The zero-order chi connectivity index (χ0) is 16.8. The highest BCUT2D eigenvalue weighted by atomic mass is 32.1. The van der Waals surface area contributed by atoms with Crippen molar-refractivity contribution in [3.05, 3.63) is 41.4 Å². The molecule has 1 aliphatic rings. The lowest BCUT2D eigenvalue weighted by Crippen LogP contribution is -2.41. The Balaban J connectivity index is 1.50. The summed E-state index contributed by atoms with van der Waals surface area (Å²) in [6, 6.07) is 9.19. The number of hydrogen-bond acceptors (Lipinski definition) is 7. The van der Waals surface area contributed by atoms with Crippen LogP contribution in [0.3, 0.4) is 0 Å². The highest BCUT2D eigenvalue weighted by molar-refractivity contribution is 7.13. The largest absolute Gasteiger partial charge is 0.460 e. The number of amides is 1. The fourth-order valence-electron chi connectivity index (χ4n) is 2.68. The van der Waals surface area contributed by atoms with Gasteiger partial charge < -0.3 is 4.74 Å². The number of anilines is 1. The molecular weight excluding hydrogens is 328 g/mol. The van der Waals surface area contributed by atoms with Crippen molar-refractivity contribution in [2.75, 3.05) is 18.4 Å². The van der Waals surface area contributed by atoms with E-state index in [1.165, 1.54) is 11.3 Å². The van der Waals surface area contributed by atoms with Crippen LogP contribution in [0.5, 0.6) is 0 Å². The molecule has 0 bridgehead atoms. The summed E-state index contributed by atoms with van der Waals surface area (Å²) in [7, 11) is 0. The molecule has 1 N–H and O–H groups in total. The third kappa shape index (κ3) is 4.36. The molecule has 2 aromatic rings. The summed E-state index contributed by atoms with van der Waals surface area (Å²) in [5.74, 6) is -0.477. The van der Waals surface area contributed by atoms with Crippen LogP contribution in [0.4, 0.5) is 5.13 Å². The molecule has 2 heterocycles. The Labute approximate surface area is 143 Å². The summed E-state index contributed by atoms with van der Waals surface area (Å²) >= 11 is 1.26. The predicted octanol–water partition coefficient (Wildman–Crippen LogP) is 1.68. The quantitative estimate of drug-likeness (QED) is 0.801. The minimum Gasteiger partial charge on any atom is -0.460 e. The minimum atomic E-state index is -0.367. The number of likely N-dealkylation sites (tertiary alicyclic amines) is 1. The topological polar surface area (TPSA) is 84.4 Å². The predicted molar refractivity (Wildman–Crippen MR) is 89.4 cm³/mol. The molecular formula is C16H18N4O3S. The van der Waals surface area contributed by atoms with E-state index in [1.807, 2.05) is 35.2 Å². The molecule has 1 atom stereocenters. The molecule has 1 amide bonds. The van der Waals surface area contributed by atoms with Crippen LogP contribution in [0.25, 0.3) is 0 Å².